The standard InChI is InChI=1S/C8H18N2O2/c1-7(2)12-5-4-10(3)8(11)6-9/h7H,4-6,9H2,1-3H3. The summed E-state index contributed by atoms with van der Waals surface area (Å²) in [7, 11) is 1.72. The number of nitrogens with zero attached hydrogens (tertiary/aromatic N) is 1. The summed E-state index contributed by atoms with van der Waals surface area (Å²) in [6.45, 7) is 5.17. The molecular formula is C8H18N2O2. The summed E-state index contributed by atoms with van der Waals surface area (Å²) in [4.78, 5) is 12.5. The van der Waals surface area contributed by atoms with Crippen molar-refractivity contribution in [3.05, 3.63) is 0 Å². The first-order valence-corrected chi connectivity index (χ1v) is 4.13. The van der Waals surface area contributed by atoms with Crippen LogP contribution in [0.3, 0.4) is 0 Å². The molecule has 4 nitrogen and oxygen atoms in total. The van der Waals surface area contributed by atoms with E-state index in [2.05, 4.69) is 0 Å². The van der Waals surface area contributed by atoms with E-state index in [4.69, 9.17) is 10.5 Å². The Kier molecular flexibility index (Phi) is 5.66. The minimum atomic E-state index is -0.0534. The van der Waals surface area contributed by atoms with Gasteiger partial charge in [0.05, 0.1) is 19.3 Å². The van der Waals surface area contributed by atoms with Gasteiger partial charge in [-0.1, -0.05) is 0 Å². The molecule has 12 heavy (non-hydrogen) atoms. The van der Waals surface area contributed by atoms with Crippen molar-refractivity contribution in [1.29, 1.82) is 0 Å². The van der Waals surface area contributed by atoms with E-state index < -0.39 is 0 Å². The van der Waals surface area contributed by atoms with Gasteiger partial charge in [0.15, 0.2) is 0 Å². The van der Waals surface area contributed by atoms with Gasteiger partial charge in [-0.15, -0.1) is 0 Å². The zero-order valence-electron chi connectivity index (χ0n) is 8.04. The van der Waals surface area contributed by atoms with Gasteiger partial charge in [0, 0.05) is 13.6 Å². The van der Waals surface area contributed by atoms with Gasteiger partial charge < -0.3 is 15.4 Å². The number of hydrogen-bond donors (Lipinski definition) is 1. The molecule has 0 aliphatic heterocycles. The Hall–Kier alpha value is -0.610. The number of rotatable bonds is 5. The third-order valence-corrected chi connectivity index (χ3v) is 1.48. The Morgan fingerprint density at radius 3 is 2.58 bits per heavy atom. The molecule has 0 unspecified atom stereocenters. The van der Waals surface area contributed by atoms with Crippen LogP contribution in [0.4, 0.5) is 0 Å². The average Bonchev–Trinajstić information content (AvgIpc) is 2.02. The molecule has 0 aromatic carbocycles. The quantitative estimate of drug-likeness (QED) is 0.629. The minimum absolute atomic E-state index is 0.0534. The Balaban J connectivity index is 3.43. The minimum Gasteiger partial charge on any atom is -0.377 e. The molecule has 0 aromatic rings. The van der Waals surface area contributed by atoms with Crippen molar-refractivity contribution in [1.82, 2.24) is 4.90 Å². The van der Waals surface area contributed by atoms with E-state index in [9.17, 15) is 4.79 Å². The van der Waals surface area contributed by atoms with Crippen LogP contribution in [-0.4, -0.2) is 43.7 Å². The molecule has 1 amide bonds. The van der Waals surface area contributed by atoms with Crippen LogP contribution in [0.5, 0.6) is 0 Å². The lowest BCUT2D eigenvalue weighted by atomic mass is 10.4. The monoisotopic (exact) mass is 174 g/mol. The van der Waals surface area contributed by atoms with E-state index in [1.54, 1.807) is 11.9 Å². The molecule has 0 aliphatic carbocycles. The van der Waals surface area contributed by atoms with Gasteiger partial charge in [0.25, 0.3) is 0 Å². The lowest BCUT2D eigenvalue weighted by Crippen LogP contribution is -2.35. The predicted molar refractivity (Wildman–Crippen MR) is 47.8 cm³/mol. The number of nitrogens with two attached hydrogens (primary N) is 1. The largest absolute Gasteiger partial charge is 0.377 e. The number of hydrogen-bond acceptors (Lipinski definition) is 3. The van der Waals surface area contributed by atoms with Crippen molar-refractivity contribution in [3.63, 3.8) is 0 Å². The molecule has 4 heteroatoms. The summed E-state index contributed by atoms with van der Waals surface area (Å²) in [5.41, 5.74) is 5.17. The second-order valence-electron chi connectivity index (χ2n) is 2.94. The summed E-state index contributed by atoms with van der Waals surface area (Å²) < 4.78 is 5.27. The fraction of sp³-hybridized carbons (Fsp3) is 0.875. The summed E-state index contributed by atoms with van der Waals surface area (Å²) in [5.74, 6) is -0.0534. The third-order valence-electron chi connectivity index (χ3n) is 1.48. The maximum Gasteiger partial charge on any atom is 0.236 e. The fourth-order valence-electron chi connectivity index (χ4n) is 0.706. The molecule has 0 aromatic heterocycles. The molecule has 0 heterocycles. The lowest BCUT2D eigenvalue weighted by Gasteiger charge is -2.16. The van der Waals surface area contributed by atoms with Gasteiger partial charge in [0.2, 0.25) is 5.91 Å². The van der Waals surface area contributed by atoms with E-state index >= 15 is 0 Å². The number of carbonyl (C=O) groups is 1. The van der Waals surface area contributed by atoms with Crippen molar-refractivity contribution in [2.24, 2.45) is 5.73 Å². The van der Waals surface area contributed by atoms with E-state index in [0.29, 0.717) is 13.2 Å². The molecular weight excluding hydrogens is 156 g/mol. The normalized spacial score (nSPS) is 10.4. The molecule has 0 fully saturated rings. The van der Waals surface area contributed by atoms with Crippen molar-refractivity contribution < 1.29 is 9.53 Å². The van der Waals surface area contributed by atoms with Gasteiger partial charge >= 0.3 is 0 Å². The molecule has 0 saturated heterocycles. The molecule has 2 N–H and O–H groups in total. The highest BCUT2D eigenvalue weighted by atomic mass is 16.5. The average molecular weight is 174 g/mol. The molecule has 0 bridgehead atoms. The first-order valence-electron chi connectivity index (χ1n) is 4.13. The highest BCUT2D eigenvalue weighted by Crippen LogP contribution is 1.89. The van der Waals surface area contributed by atoms with E-state index in [0.717, 1.165) is 0 Å². The Morgan fingerprint density at radius 2 is 2.17 bits per heavy atom. The van der Waals surface area contributed by atoms with Crippen molar-refractivity contribution in [2.45, 2.75) is 20.0 Å². The predicted octanol–water partition coefficient (Wildman–Crippen LogP) is -0.171. The molecule has 0 spiro atoms. The number of carbonyl (C=O) groups excluding carboxylic acids is 1. The van der Waals surface area contributed by atoms with E-state index in [1.807, 2.05) is 13.8 Å². The summed E-state index contributed by atoms with van der Waals surface area (Å²) >= 11 is 0. The Labute approximate surface area is 73.7 Å². The van der Waals surface area contributed by atoms with Crippen LogP contribution >= 0.6 is 0 Å². The topological polar surface area (TPSA) is 55.6 Å². The van der Waals surface area contributed by atoms with E-state index in [1.165, 1.54) is 0 Å². The number of ether oxygens (including phenoxy) is 1. The van der Waals surface area contributed by atoms with Crippen molar-refractivity contribution in [2.75, 3.05) is 26.7 Å². The molecule has 0 aliphatic rings. The second-order valence-corrected chi connectivity index (χ2v) is 2.94. The van der Waals surface area contributed by atoms with Gasteiger partial charge in [-0.05, 0) is 13.8 Å². The Bertz CT molecular complexity index is 137. The smallest absolute Gasteiger partial charge is 0.236 e. The van der Waals surface area contributed by atoms with Crippen molar-refractivity contribution >= 4 is 5.91 Å². The van der Waals surface area contributed by atoms with Crippen LogP contribution in [-0.2, 0) is 9.53 Å². The fourth-order valence-corrected chi connectivity index (χ4v) is 0.706. The third kappa shape index (κ3) is 5.09. The van der Waals surface area contributed by atoms with Gasteiger partial charge in [-0.3, -0.25) is 4.79 Å². The lowest BCUT2D eigenvalue weighted by molar-refractivity contribution is -0.129. The van der Waals surface area contributed by atoms with E-state index in [-0.39, 0.29) is 18.6 Å². The first kappa shape index (κ1) is 11.4. The number of amides is 1. The highest BCUT2D eigenvalue weighted by molar-refractivity contribution is 5.77. The molecule has 0 rings (SSSR count). The van der Waals surface area contributed by atoms with Crippen LogP contribution in [0.15, 0.2) is 0 Å². The van der Waals surface area contributed by atoms with Crippen LogP contribution in [0, 0.1) is 0 Å². The van der Waals surface area contributed by atoms with Gasteiger partial charge in [0.1, 0.15) is 0 Å². The second kappa shape index (κ2) is 5.97. The maximum atomic E-state index is 10.9. The maximum absolute atomic E-state index is 10.9. The molecule has 0 atom stereocenters. The zero-order valence-corrected chi connectivity index (χ0v) is 8.04. The Morgan fingerprint density at radius 1 is 1.58 bits per heavy atom. The molecule has 72 valence electrons. The molecule has 0 saturated carbocycles. The van der Waals surface area contributed by atoms with Crippen LogP contribution in [0.2, 0.25) is 0 Å². The van der Waals surface area contributed by atoms with Gasteiger partial charge in [-0.2, -0.15) is 0 Å². The number of likely N-dealkylation sites (N-methyl/N-ethyl adjacent to an activating group) is 1. The van der Waals surface area contributed by atoms with Crippen LogP contribution < -0.4 is 5.73 Å². The zero-order chi connectivity index (χ0) is 9.56. The van der Waals surface area contributed by atoms with Gasteiger partial charge in [-0.25, -0.2) is 0 Å². The van der Waals surface area contributed by atoms with Crippen LogP contribution in [0.1, 0.15) is 13.8 Å². The summed E-state index contributed by atoms with van der Waals surface area (Å²) in [6, 6.07) is 0. The summed E-state index contributed by atoms with van der Waals surface area (Å²) in [5, 5.41) is 0. The van der Waals surface area contributed by atoms with Crippen LogP contribution in [0.25, 0.3) is 0 Å². The highest BCUT2D eigenvalue weighted by Gasteiger charge is 2.05. The van der Waals surface area contributed by atoms with Crippen molar-refractivity contribution in [3.8, 4) is 0 Å². The first-order chi connectivity index (χ1) is 5.57. The molecule has 0 radical (unpaired) electrons. The SMILES string of the molecule is CC(C)OCCN(C)C(=O)CN. The summed E-state index contributed by atoms with van der Waals surface area (Å²) in [6.07, 6.45) is 0.214.